The average Bonchev–Trinajstić information content (AvgIpc) is 3.02. The minimum absolute atomic E-state index is 0.00295. The Labute approximate surface area is 281 Å². The van der Waals surface area contributed by atoms with Gasteiger partial charge in [0.05, 0.1) is 13.2 Å². The molecule has 7 nitrogen and oxygen atoms in total. The third kappa shape index (κ3) is 8.77. The van der Waals surface area contributed by atoms with Crippen LogP contribution in [0.25, 0.3) is 0 Å². The van der Waals surface area contributed by atoms with Crippen molar-refractivity contribution in [1.82, 2.24) is 10.2 Å². The Morgan fingerprint density at radius 1 is 1.00 bits per heavy atom. The van der Waals surface area contributed by atoms with Crippen molar-refractivity contribution in [3.05, 3.63) is 106 Å². The number of anilines is 1. The van der Waals surface area contributed by atoms with Crippen molar-refractivity contribution in [3.8, 4) is 5.75 Å². The highest BCUT2D eigenvalue weighted by Crippen LogP contribution is 2.39. The van der Waals surface area contributed by atoms with Gasteiger partial charge in [0.2, 0.25) is 0 Å². The maximum atomic E-state index is 14.0. The second-order valence-electron chi connectivity index (χ2n) is 10.8. The molecule has 1 aliphatic heterocycles. The molecular weight excluding hydrogens is 689 g/mol. The first kappa shape index (κ1) is 32.8. The topological polar surface area (TPSA) is 71.1 Å². The molecule has 1 fully saturated rings. The molecule has 11 heteroatoms. The lowest BCUT2D eigenvalue weighted by Crippen LogP contribution is -2.44. The van der Waals surface area contributed by atoms with Crippen LogP contribution < -0.4 is 15.0 Å². The largest absolute Gasteiger partial charge is 0.492 e. The molecule has 0 saturated carbocycles. The zero-order valence-electron chi connectivity index (χ0n) is 24.0. The van der Waals surface area contributed by atoms with Gasteiger partial charge in [0.1, 0.15) is 12.4 Å². The number of amides is 2. The predicted molar refractivity (Wildman–Crippen MR) is 179 cm³/mol. The summed E-state index contributed by atoms with van der Waals surface area (Å²) in [6.45, 7) is 4.78. The van der Waals surface area contributed by atoms with Gasteiger partial charge in [-0.05, 0) is 60.4 Å². The molecule has 0 bridgehead atoms. The third-order valence-corrected chi connectivity index (χ3v) is 8.75. The monoisotopic (exact) mass is 719 g/mol. The van der Waals surface area contributed by atoms with E-state index in [2.05, 4.69) is 26.1 Å². The zero-order chi connectivity index (χ0) is 31.1. The van der Waals surface area contributed by atoms with Gasteiger partial charge < -0.3 is 19.7 Å². The lowest BCUT2D eigenvalue weighted by molar-refractivity contribution is -0.119. The predicted octanol–water partition coefficient (Wildman–Crippen LogP) is 6.81. The van der Waals surface area contributed by atoms with Crippen molar-refractivity contribution in [2.75, 3.05) is 50.9 Å². The van der Waals surface area contributed by atoms with Gasteiger partial charge in [-0.3, -0.25) is 14.5 Å². The second kappa shape index (κ2) is 15.1. The fraction of sp³-hybridized carbons (Fsp3) is 0.333. The highest BCUT2D eigenvalue weighted by molar-refractivity contribution is 9.10. The van der Waals surface area contributed by atoms with Gasteiger partial charge in [0.25, 0.3) is 15.6 Å². The fourth-order valence-electron chi connectivity index (χ4n) is 5.35. The van der Waals surface area contributed by atoms with Crippen molar-refractivity contribution in [2.24, 2.45) is 5.92 Å². The molecule has 2 aliphatic rings. The summed E-state index contributed by atoms with van der Waals surface area (Å²) in [5, 5.41) is 2.85. The van der Waals surface area contributed by atoms with E-state index < -0.39 is 9.70 Å². The van der Waals surface area contributed by atoms with E-state index in [1.54, 1.807) is 17.0 Å². The van der Waals surface area contributed by atoms with E-state index in [-0.39, 0.29) is 18.4 Å². The van der Waals surface area contributed by atoms with E-state index in [4.69, 9.17) is 44.3 Å². The Hall–Kier alpha value is -2.59. The van der Waals surface area contributed by atoms with Crippen LogP contribution in [-0.2, 0) is 16.0 Å². The number of rotatable bonds is 11. The van der Waals surface area contributed by atoms with Crippen molar-refractivity contribution in [1.29, 1.82) is 0 Å². The molecule has 1 aliphatic carbocycles. The molecule has 5 rings (SSSR count). The van der Waals surface area contributed by atoms with Gasteiger partial charge >= 0.3 is 0 Å². The molecule has 1 heterocycles. The molecule has 3 aromatic carbocycles. The number of carbonyl (C=O) groups is 2. The highest BCUT2D eigenvalue weighted by Gasteiger charge is 2.38. The van der Waals surface area contributed by atoms with Gasteiger partial charge in [-0.2, -0.15) is 0 Å². The van der Waals surface area contributed by atoms with Crippen LogP contribution in [0, 0.1) is 5.92 Å². The Balaban J connectivity index is 1.41. The molecule has 44 heavy (non-hydrogen) atoms. The number of morpholine rings is 1. The van der Waals surface area contributed by atoms with Gasteiger partial charge in [-0.25, -0.2) is 0 Å². The van der Waals surface area contributed by atoms with E-state index in [9.17, 15) is 9.59 Å². The fourth-order valence-corrected chi connectivity index (χ4v) is 5.76. The quantitative estimate of drug-likeness (QED) is 0.221. The van der Waals surface area contributed by atoms with Crippen molar-refractivity contribution in [3.63, 3.8) is 0 Å². The molecule has 1 N–H and O–H groups in total. The molecule has 0 aromatic heterocycles. The minimum atomic E-state index is -2.12. The summed E-state index contributed by atoms with van der Waals surface area (Å²) in [6, 6.07) is 24.7. The van der Waals surface area contributed by atoms with Crippen LogP contribution in [0.2, 0.25) is 0 Å². The number of benzene rings is 3. The third-order valence-electron chi connectivity index (χ3n) is 7.71. The highest BCUT2D eigenvalue weighted by atomic mass is 79.9. The maximum absolute atomic E-state index is 14.0. The lowest BCUT2D eigenvalue weighted by atomic mass is 9.77. The van der Waals surface area contributed by atoms with Gasteiger partial charge in [0, 0.05) is 59.6 Å². The number of halogens is 4. The van der Waals surface area contributed by atoms with E-state index in [0.717, 1.165) is 48.5 Å². The van der Waals surface area contributed by atoms with E-state index in [1.165, 1.54) is 0 Å². The summed E-state index contributed by atoms with van der Waals surface area (Å²) in [5.41, 5.74) is 3.89. The summed E-state index contributed by atoms with van der Waals surface area (Å²) >= 11 is 21.2. The molecular formula is C33H33BrCl3N3O4. The van der Waals surface area contributed by atoms with Gasteiger partial charge in [-0.15, -0.1) is 0 Å². The normalized spacial score (nSPS) is 17.1. The van der Waals surface area contributed by atoms with Crippen LogP contribution in [0.3, 0.4) is 0 Å². The van der Waals surface area contributed by atoms with Crippen molar-refractivity contribution in [2.45, 2.75) is 16.6 Å². The number of ether oxygens (including phenoxy) is 2. The number of hydrogen-bond donors (Lipinski definition) is 1. The molecule has 1 saturated heterocycles. The van der Waals surface area contributed by atoms with Crippen LogP contribution in [0.4, 0.5) is 5.69 Å². The summed E-state index contributed by atoms with van der Waals surface area (Å²) < 4.78 is 10.3. The Kier molecular flexibility index (Phi) is 11.3. The summed E-state index contributed by atoms with van der Waals surface area (Å²) in [7, 11) is 0. The summed E-state index contributed by atoms with van der Waals surface area (Å²) in [5.74, 6) is -0.245. The number of allylic oxidation sites excluding steroid dienone is 1. The van der Waals surface area contributed by atoms with Crippen LogP contribution in [0.5, 0.6) is 5.75 Å². The van der Waals surface area contributed by atoms with Gasteiger partial charge in [-0.1, -0.05) is 87.1 Å². The number of alkyl halides is 3. The second-order valence-corrected chi connectivity index (χ2v) is 14.0. The van der Waals surface area contributed by atoms with Crippen molar-refractivity contribution < 1.29 is 19.1 Å². The average molecular weight is 722 g/mol. The molecule has 232 valence electrons. The number of hydrogen-bond acceptors (Lipinski definition) is 5. The molecule has 1 unspecified atom stereocenters. The van der Waals surface area contributed by atoms with Crippen molar-refractivity contribution >= 4 is 68.2 Å². The number of carbonyl (C=O) groups excluding carboxylic acids is 2. The first-order valence-electron chi connectivity index (χ1n) is 14.4. The molecule has 0 radical (unpaired) electrons. The first-order valence-corrected chi connectivity index (χ1v) is 16.3. The minimum Gasteiger partial charge on any atom is -0.492 e. The van der Waals surface area contributed by atoms with Crippen LogP contribution in [0.15, 0.2) is 94.6 Å². The Bertz CT molecular complexity index is 1480. The first-order chi connectivity index (χ1) is 21.2. The van der Waals surface area contributed by atoms with E-state index >= 15 is 0 Å². The standard InChI is InChI=1S/C33H33BrCl3N3O4/c34-27-11-9-24(10-12-27)31(41)40(28-7-4-8-29(21-28)44-18-15-39-13-16-43-17-14-39)22-26-20-25(19-23-5-2-1-3-6-23)30(26)38-32(42)33(35,36)37/h1-12,21,25H,13-20,22H2,(H,38,42). The van der Waals surface area contributed by atoms with E-state index in [0.29, 0.717) is 42.1 Å². The smallest absolute Gasteiger partial charge is 0.276 e. The van der Waals surface area contributed by atoms with Crippen LogP contribution in [-0.4, -0.2) is 66.5 Å². The number of nitrogens with zero attached hydrogens (tertiary/aromatic N) is 2. The molecule has 1 atom stereocenters. The molecule has 0 spiro atoms. The summed E-state index contributed by atoms with van der Waals surface area (Å²) in [6.07, 6.45) is 1.37. The Morgan fingerprint density at radius 3 is 2.43 bits per heavy atom. The Morgan fingerprint density at radius 2 is 1.73 bits per heavy atom. The SMILES string of the molecule is O=C(c1ccc(Br)cc1)N(CC1=C(NC(=O)C(Cl)(Cl)Cl)C(Cc2ccccc2)C1)c1cccc(OCCN2CCOCC2)c1. The van der Waals surface area contributed by atoms with Crippen LogP contribution in [0.1, 0.15) is 22.3 Å². The zero-order valence-corrected chi connectivity index (χ0v) is 27.8. The summed E-state index contributed by atoms with van der Waals surface area (Å²) in [4.78, 5) is 30.8. The van der Waals surface area contributed by atoms with Gasteiger partial charge in [0.15, 0.2) is 0 Å². The number of nitrogens with one attached hydrogen (secondary N) is 1. The molecule has 3 aromatic rings. The van der Waals surface area contributed by atoms with Crippen LogP contribution >= 0.6 is 50.7 Å². The van der Waals surface area contributed by atoms with E-state index in [1.807, 2.05) is 66.7 Å². The molecule has 2 amide bonds. The maximum Gasteiger partial charge on any atom is 0.276 e. The lowest BCUT2D eigenvalue weighted by Gasteiger charge is -2.37.